The molecule has 6 nitrogen and oxygen atoms in total. The van der Waals surface area contributed by atoms with Crippen LogP contribution in [0.15, 0.2) is 0 Å². The highest BCUT2D eigenvalue weighted by atomic mass is 28.3. The summed E-state index contributed by atoms with van der Waals surface area (Å²) in [5.41, 5.74) is -1.65. The minimum absolute atomic E-state index is 0.141. The number of ether oxygens (including phenoxy) is 3. The number of hydrogen-bond donors (Lipinski definition) is 1. The number of rotatable bonds is 6. The van der Waals surface area contributed by atoms with E-state index in [0.717, 1.165) is 18.1 Å². The molecule has 1 N–H and O–H groups in total. The Morgan fingerprint density at radius 1 is 1.14 bits per heavy atom. The predicted octanol–water partition coefficient (Wildman–Crippen LogP) is 1.27. The van der Waals surface area contributed by atoms with E-state index >= 15 is 0 Å². The predicted molar refractivity (Wildman–Crippen MR) is 81.9 cm³/mol. The number of carbonyl (C=O) groups excluding carboxylic acids is 2. The average Bonchev–Trinajstić information content (AvgIpc) is 3.21. The molecule has 0 unspecified atom stereocenters. The van der Waals surface area contributed by atoms with Crippen molar-refractivity contribution in [3.05, 3.63) is 0 Å². The number of carbonyl (C=O) groups is 2. The van der Waals surface area contributed by atoms with Gasteiger partial charge in [0.25, 0.3) is 0 Å². The summed E-state index contributed by atoms with van der Waals surface area (Å²) in [6.07, 6.45) is -1.31. The number of epoxide rings is 1. The first kappa shape index (κ1) is 17.4. The van der Waals surface area contributed by atoms with Gasteiger partial charge in [-0.1, -0.05) is 38.9 Å². The van der Waals surface area contributed by atoms with Crippen LogP contribution in [0.4, 0.5) is 0 Å². The van der Waals surface area contributed by atoms with Crippen LogP contribution in [0.5, 0.6) is 0 Å². The van der Waals surface area contributed by atoms with Crippen molar-refractivity contribution in [2.45, 2.75) is 62.8 Å². The molecule has 7 heteroatoms. The van der Waals surface area contributed by atoms with Crippen molar-refractivity contribution < 1.29 is 28.9 Å². The van der Waals surface area contributed by atoms with Crippen molar-refractivity contribution in [1.82, 2.24) is 0 Å². The van der Waals surface area contributed by atoms with E-state index < -0.39 is 36.8 Å². The minimum atomic E-state index is -1.99. The zero-order chi connectivity index (χ0) is 16.8. The Hall–Kier alpha value is -0.923. The van der Waals surface area contributed by atoms with Crippen molar-refractivity contribution in [3.63, 3.8) is 0 Å². The Balaban J connectivity index is 2.50. The maximum atomic E-state index is 12.3. The molecule has 0 spiro atoms. The van der Waals surface area contributed by atoms with E-state index in [1.54, 1.807) is 0 Å². The van der Waals surface area contributed by atoms with Gasteiger partial charge in [0.1, 0.15) is 11.3 Å². The van der Waals surface area contributed by atoms with E-state index in [-0.39, 0.29) is 12.5 Å². The van der Waals surface area contributed by atoms with Crippen LogP contribution in [0.1, 0.15) is 27.2 Å². The van der Waals surface area contributed by atoms with Gasteiger partial charge in [-0.25, -0.2) is 0 Å². The molecule has 1 aliphatic heterocycles. The molecule has 1 saturated carbocycles. The second-order valence-corrected chi connectivity index (χ2v) is 11.8. The van der Waals surface area contributed by atoms with Crippen LogP contribution in [-0.2, 0) is 23.8 Å². The van der Waals surface area contributed by atoms with Gasteiger partial charge in [0.2, 0.25) is 0 Å². The summed E-state index contributed by atoms with van der Waals surface area (Å²) in [6.45, 7) is 6.32. The van der Waals surface area contributed by atoms with Gasteiger partial charge in [-0.15, -0.1) is 0 Å². The third kappa shape index (κ3) is 1.79. The lowest BCUT2D eigenvalue weighted by Gasteiger charge is -2.40. The Labute approximate surface area is 132 Å². The number of hydrogen-bond acceptors (Lipinski definition) is 6. The summed E-state index contributed by atoms with van der Waals surface area (Å²) >= 11 is 0. The van der Waals surface area contributed by atoms with Gasteiger partial charge in [-0.05, 0) is 0 Å². The van der Waals surface area contributed by atoms with Crippen molar-refractivity contribution in [2.24, 2.45) is 5.41 Å². The highest BCUT2D eigenvalue weighted by Gasteiger charge is 2.84. The van der Waals surface area contributed by atoms with Gasteiger partial charge in [-0.3, -0.25) is 9.59 Å². The third-order valence-corrected chi connectivity index (χ3v) is 12.5. The number of aliphatic hydroxyl groups is 1. The average molecular weight is 330 g/mol. The van der Waals surface area contributed by atoms with Gasteiger partial charge in [0, 0.05) is 6.42 Å². The van der Waals surface area contributed by atoms with E-state index in [1.165, 1.54) is 14.2 Å². The summed E-state index contributed by atoms with van der Waals surface area (Å²) in [5, 5.41) is 10.3. The number of methoxy groups -OCH3 is 2. The van der Waals surface area contributed by atoms with Crippen LogP contribution in [0.2, 0.25) is 18.1 Å². The normalized spacial score (nSPS) is 32.3. The van der Waals surface area contributed by atoms with Crippen molar-refractivity contribution in [3.8, 4) is 0 Å². The Morgan fingerprint density at radius 2 is 1.59 bits per heavy atom. The maximum Gasteiger partial charge on any atom is 0.326 e. The SMILES string of the molecule is CC[Si](CC)(CC)[C@]12O[C@H]1CC(C(=O)OC)(C(=O)OC)[C@@H]2O. The molecule has 3 atom stereocenters. The molecule has 0 amide bonds. The van der Waals surface area contributed by atoms with E-state index in [1.807, 2.05) is 0 Å². The monoisotopic (exact) mass is 330 g/mol. The molecule has 126 valence electrons. The van der Waals surface area contributed by atoms with Crippen LogP contribution in [0.25, 0.3) is 0 Å². The van der Waals surface area contributed by atoms with Crippen molar-refractivity contribution in [1.29, 1.82) is 0 Å². The van der Waals surface area contributed by atoms with Crippen molar-refractivity contribution >= 4 is 20.0 Å². The third-order valence-electron chi connectivity index (χ3n) is 6.10. The summed E-state index contributed by atoms with van der Waals surface area (Å²) in [5.74, 6) is -1.46. The molecule has 0 aromatic rings. The fraction of sp³-hybridized carbons (Fsp3) is 0.867. The number of esters is 2. The maximum absolute atomic E-state index is 12.3. The fourth-order valence-electron chi connectivity index (χ4n) is 4.58. The molecule has 1 saturated heterocycles. The zero-order valence-corrected chi connectivity index (χ0v) is 15.0. The molecule has 0 radical (unpaired) electrons. The first-order valence-corrected chi connectivity index (χ1v) is 10.5. The first-order chi connectivity index (χ1) is 10.4. The van der Waals surface area contributed by atoms with Crippen LogP contribution in [0.3, 0.4) is 0 Å². The molecule has 1 aliphatic carbocycles. The van der Waals surface area contributed by atoms with E-state index in [2.05, 4.69) is 20.8 Å². The molecule has 22 heavy (non-hydrogen) atoms. The molecular weight excluding hydrogens is 304 g/mol. The molecule has 2 aliphatic rings. The molecule has 2 fully saturated rings. The molecule has 2 rings (SSSR count). The molecule has 1 heterocycles. The lowest BCUT2D eigenvalue weighted by Crippen LogP contribution is -2.61. The highest BCUT2D eigenvalue weighted by Crippen LogP contribution is 2.64. The van der Waals surface area contributed by atoms with E-state index in [9.17, 15) is 14.7 Å². The van der Waals surface area contributed by atoms with Gasteiger partial charge in [-0.2, -0.15) is 0 Å². The second kappa shape index (κ2) is 5.61. The van der Waals surface area contributed by atoms with Crippen LogP contribution in [0, 0.1) is 5.41 Å². The smallest absolute Gasteiger partial charge is 0.326 e. The van der Waals surface area contributed by atoms with Crippen molar-refractivity contribution in [2.75, 3.05) is 14.2 Å². The molecule has 0 bridgehead atoms. The summed E-state index contributed by atoms with van der Waals surface area (Å²) in [6, 6.07) is 2.81. The Bertz CT molecular complexity index is 450. The first-order valence-electron chi connectivity index (χ1n) is 7.89. The van der Waals surface area contributed by atoms with Crippen LogP contribution >= 0.6 is 0 Å². The Morgan fingerprint density at radius 3 is 1.95 bits per heavy atom. The quantitative estimate of drug-likeness (QED) is 0.342. The highest BCUT2D eigenvalue weighted by molar-refractivity contribution is 6.83. The summed E-state index contributed by atoms with van der Waals surface area (Å²) in [4.78, 5) is 24.6. The molecule has 0 aromatic carbocycles. The zero-order valence-electron chi connectivity index (χ0n) is 14.0. The van der Waals surface area contributed by atoms with Gasteiger partial charge in [0.05, 0.1) is 28.4 Å². The molecular formula is C15H26O6Si. The fourth-order valence-corrected chi connectivity index (χ4v) is 9.74. The summed E-state index contributed by atoms with van der Waals surface area (Å²) < 4.78 is 15.6. The lowest BCUT2D eigenvalue weighted by molar-refractivity contribution is -0.180. The van der Waals surface area contributed by atoms with Crippen LogP contribution < -0.4 is 0 Å². The van der Waals surface area contributed by atoms with Gasteiger partial charge in [0.15, 0.2) is 5.41 Å². The number of aliphatic hydroxyl groups excluding tert-OH is 1. The van der Waals surface area contributed by atoms with Crippen LogP contribution in [-0.4, -0.2) is 56.8 Å². The summed E-state index contributed by atoms with van der Waals surface area (Å²) in [7, 11) is 0.456. The van der Waals surface area contributed by atoms with Gasteiger partial charge < -0.3 is 19.3 Å². The largest absolute Gasteiger partial charge is 0.468 e. The minimum Gasteiger partial charge on any atom is -0.468 e. The second-order valence-electron chi connectivity index (χ2n) is 6.30. The standard InChI is InChI=1S/C15H26O6Si/c1-6-22(7-2,8-3)15-10(21-15)9-14(11(15)16,12(17)19-4)13(18)20-5/h10-11,16H,6-9H2,1-5H3/t10-,11-,15+/m0/s1. The molecule has 0 aromatic heterocycles. The Kier molecular flexibility index (Phi) is 4.45. The number of fused-ring (bicyclic) bond motifs is 1. The topological polar surface area (TPSA) is 85.4 Å². The van der Waals surface area contributed by atoms with E-state index in [4.69, 9.17) is 14.2 Å². The lowest BCUT2D eigenvalue weighted by atomic mass is 9.83. The van der Waals surface area contributed by atoms with Gasteiger partial charge >= 0.3 is 11.9 Å². The van der Waals surface area contributed by atoms with E-state index in [0.29, 0.717) is 0 Å².